The van der Waals surface area contributed by atoms with Crippen molar-refractivity contribution in [1.82, 2.24) is 0 Å². The molecular formula is C9H18O2Si. The first-order chi connectivity index (χ1) is 5.65. The summed E-state index contributed by atoms with van der Waals surface area (Å²) in [5.74, 6) is 0.647. The first kappa shape index (κ1) is 8.72. The van der Waals surface area contributed by atoms with Crippen LogP contribution in [0.25, 0.3) is 0 Å². The molecule has 3 heteroatoms. The molecule has 1 saturated heterocycles. The summed E-state index contributed by atoms with van der Waals surface area (Å²) in [6, 6.07) is 0. The van der Waals surface area contributed by atoms with Gasteiger partial charge < -0.3 is 9.16 Å². The lowest BCUT2D eigenvalue weighted by molar-refractivity contribution is 0.0306. The predicted molar refractivity (Wildman–Crippen MR) is 51.1 cm³/mol. The Bertz CT molecular complexity index is 181. The highest BCUT2D eigenvalue weighted by atomic mass is 28.2. The van der Waals surface area contributed by atoms with Crippen LogP contribution in [-0.4, -0.2) is 28.3 Å². The maximum absolute atomic E-state index is 5.63. The van der Waals surface area contributed by atoms with Crippen LogP contribution in [0.3, 0.4) is 0 Å². The maximum Gasteiger partial charge on any atom is 0.146 e. The lowest BCUT2D eigenvalue weighted by Gasteiger charge is -2.34. The van der Waals surface area contributed by atoms with Gasteiger partial charge in [0, 0.05) is 5.92 Å². The summed E-state index contributed by atoms with van der Waals surface area (Å²) in [4.78, 5) is 0. The highest BCUT2D eigenvalue weighted by Gasteiger charge is 2.52. The topological polar surface area (TPSA) is 21.8 Å². The molecule has 1 heterocycles. The normalized spacial score (nSPS) is 41.0. The van der Waals surface area contributed by atoms with Gasteiger partial charge in [0.05, 0.1) is 17.8 Å². The van der Waals surface area contributed by atoms with Crippen molar-refractivity contribution in [1.29, 1.82) is 0 Å². The Morgan fingerprint density at radius 1 is 1.42 bits per heavy atom. The first-order valence-corrected chi connectivity index (χ1v) is 5.67. The van der Waals surface area contributed by atoms with Crippen LogP contribution in [0.5, 0.6) is 0 Å². The quantitative estimate of drug-likeness (QED) is 0.466. The fraction of sp³-hybridized carbons (Fsp3) is 1.00. The zero-order chi connectivity index (χ0) is 8.77. The third kappa shape index (κ3) is 1.34. The van der Waals surface area contributed by atoms with Crippen molar-refractivity contribution in [2.45, 2.75) is 50.9 Å². The van der Waals surface area contributed by atoms with E-state index in [2.05, 4.69) is 13.8 Å². The Morgan fingerprint density at radius 2 is 2.17 bits per heavy atom. The molecule has 1 aliphatic carbocycles. The third-order valence-corrected chi connectivity index (χ3v) is 4.49. The number of ether oxygens (including phenoxy) is 1. The highest BCUT2D eigenvalue weighted by Crippen LogP contribution is 2.45. The number of hydrogen-bond donors (Lipinski definition) is 0. The second-order valence-electron chi connectivity index (χ2n) is 4.48. The maximum atomic E-state index is 5.63. The molecule has 3 atom stereocenters. The molecule has 0 spiro atoms. The summed E-state index contributed by atoms with van der Waals surface area (Å²) in [7, 11) is 0.835. The van der Waals surface area contributed by atoms with Crippen LogP contribution in [0.1, 0.15) is 33.1 Å². The van der Waals surface area contributed by atoms with Crippen LogP contribution in [0.4, 0.5) is 0 Å². The number of hydrogen-bond acceptors (Lipinski definition) is 2. The van der Waals surface area contributed by atoms with Gasteiger partial charge in [0.1, 0.15) is 10.5 Å². The van der Waals surface area contributed by atoms with Crippen LogP contribution >= 0.6 is 0 Å². The van der Waals surface area contributed by atoms with E-state index in [1.165, 1.54) is 19.3 Å². The second-order valence-corrected chi connectivity index (χ2v) is 4.89. The Kier molecular flexibility index (Phi) is 2.05. The average Bonchev–Trinajstić information content (AvgIpc) is 2.81. The van der Waals surface area contributed by atoms with Crippen LogP contribution in [0, 0.1) is 5.92 Å². The highest BCUT2D eigenvalue weighted by molar-refractivity contribution is 5.98. The minimum Gasteiger partial charge on any atom is -0.423 e. The van der Waals surface area contributed by atoms with Crippen molar-refractivity contribution in [3.05, 3.63) is 0 Å². The first-order valence-electron chi connectivity index (χ1n) is 4.86. The summed E-state index contributed by atoms with van der Waals surface area (Å²) >= 11 is 0. The van der Waals surface area contributed by atoms with Gasteiger partial charge in [-0.1, -0.05) is 6.42 Å². The van der Waals surface area contributed by atoms with Crippen molar-refractivity contribution in [2.24, 2.45) is 5.92 Å². The molecular weight excluding hydrogens is 168 g/mol. The molecule has 2 aliphatic rings. The van der Waals surface area contributed by atoms with Gasteiger partial charge in [-0.05, 0) is 26.7 Å². The van der Waals surface area contributed by atoms with E-state index in [0.29, 0.717) is 18.1 Å². The van der Waals surface area contributed by atoms with Crippen molar-refractivity contribution in [3.63, 3.8) is 0 Å². The predicted octanol–water partition coefficient (Wildman–Crippen LogP) is 0.629. The van der Waals surface area contributed by atoms with Crippen LogP contribution in [0.2, 0.25) is 0 Å². The van der Waals surface area contributed by atoms with Gasteiger partial charge >= 0.3 is 0 Å². The van der Waals surface area contributed by atoms with E-state index >= 15 is 0 Å². The fourth-order valence-corrected chi connectivity index (χ4v) is 2.64. The zero-order valence-corrected chi connectivity index (χ0v) is 10.2. The standard InChI is InChI=1S/C9H18O2Si/c1-9(2,11-12)6-4-3-5-7-8(6)10-7/h6-8H,3-5H2,1-2,12H3. The summed E-state index contributed by atoms with van der Waals surface area (Å²) in [6.07, 6.45) is 5.00. The number of rotatable bonds is 2. The summed E-state index contributed by atoms with van der Waals surface area (Å²) < 4.78 is 11.2. The van der Waals surface area contributed by atoms with Crippen LogP contribution < -0.4 is 0 Å². The van der Waals surface area contributed by atoms with E-state index in [9.17, 15) is 0 Å². The molecule has 0 bridgehead atoms. The smallest absolute Gasteiger partial charge is 0.146 e. The molecule has 0 aromatic rings. The molecule has 2 nitrogen and oxygen atoms in total. The minimum absolute atomic E-state index is 0.0616. The molecule has 0 amide bonds. The van der Waals surface area contributed by atoms with Crippen LogP contribution in [0.15, 0.2) is 0 Å². The molecule has 0 radical (unpaired) electrons. The van der Waals surface area contributed by atoms with E-state index in [-0.39, 0.29) is 5.60 Å². The van der Waals surface area contributed by atoms with E-state index in [0.717, 1.165) is 10.5 Å². The van der Waals surface area contributed by atoms with Crippen LogP contribution in [-0.2, 0) is 9.16 Å². The van der Waals surface area contributed by atoms with E-state index in [4.69, 9.17) is 9.16 Å². The van der Waals surface area contributed by atoms with Gasteiger partial charge in [0.15, 0.2) is 0 Å². The fourth-order valence-electron chi connectivity index (χ4n) is 2.34. The third-order valence-electron chi connectivity index (χ3n) is 3.44. The van der Waals surface area contributed by atoms with Gasteiger partial charge in [-0.15, -0.1) is 0 Å². The van der Waals surface area contributed by atoms with E-state index < -0.39 is 0 Å². The average molecular weight is 186 g/mol. The number of epoxide rings is 1. The van der Waals surface area contributed by atoms with Gasteiger partial charge in [-0.3, -0.25) is 0 Å². The lowest BCUT2D eigenvalue weighted by Crippen LogP contribution is -2.39. The molecule has 1 aliphatic heterocycles. The lowest BCUT2D eigenvalue weighted by atomic mass is 9.79. The molecule has 0 N–H and O–H groups in total. The molecule has 70 valence electrons. The SMILES string of the molecule is CC(C)(O[SiH3])C1CCCC2OC21. The summed E-state index contributed by atoms with van der Waals surface area (Å²) in [5, 5.41) is 0. The largest absolute Gasteiger partial charge is 0.423 e. The number of fused-ring (bicyclic) bond motifs is 1. The molecule has 3 unspecified atom stereocenters. The van der Waals surface area contributed by atoms with Crippen molar-refractivity contribution in [3.8, 4) is 0 Å². The minimum atomic E-state index is 0.0616. The zero-order valence-electron chi connectivity index (χ0n) is 8.17. The van der Waals surface area contributed by atoms with Crippen molar-refractivity contribution >= 4 is 10.5 Å². The van der Waals surface area contributed by atoms with Gasteiger partial charge in [0.2, 0.25) is 0 Å². The Labute approximate surface area is 77.2 Å². The Hall–Kier alpha value is 0.137. The van der Waals surface area contributed by atoms with Gasteiger partial charge in [-0.2, -0.15) is 0 Å². The summed E-state index contributed by atoms with van der Waals surface area (Å²) in [6.45, 7) is 4.41. The van der Waals surface area contributed by atoms with Crippen molar-refractivity contribution in [2.75, 3.05) is 0 Å². The molecule has 1 saturated carbocycles. The van der Waals surface area contributed by atoms with Gasteiger partial charge in [-0.25, -0.2) is 0 Å². The molecule has 0 aromatic heterocycles. The van der Waals surface area contributed by atoms with E-state index in [1.807, 2.05) is 0 Å². The monoisotopic (exact) mass is 186 g/mol. The Morgan fingerprint density at radius 3 is 2.83 bits per heavy atom. The molecule has 2 fully saturated rings. The van der Waals surface area contributed by atoms with E-state index in [1.54, 1.807) is 0 Å². The van der Waals surface area contributed by atoms with Crippen molar-refractivity contribution < 1.29 is 9.16 Å². The van der Waals surface area contributed by atoms with Gasteiger partial charge in [0.25, 0.3) is 0 Å². The molecule has 12 heavy (non-hydrogen) atoms. The summed E-state index contributed by atoms with van der Waals surface area (Å²) in [5.41, 5.74) is 0.0616. The second kappa shape index (κ2) is 2.82. The molecule has 0 aromatic carbocycles. The molecule has 2 rings (SSSR count). The Balaban J connectivity index is 2.02.